The Labute approximate surface area is 276 Å². The van der Waals surface area contributed by atoms with Crippen LogP contribution in [0.4, 0.5) is 4.79 Å². The first kappa shape index (κ1) is 36.5. The Morgan fingerprint density at radius 1 is 1.07 bits per heavy atom. The van der Waals surface area contributed by atoms with Gasteiger partial charge in [-0.05, 0) is 62.4 Å². The number of ether oxygens (including phenoxy) is 3. The van der Waals surface area contributed by atoms with Crippen molar-refractivity contribution in [1.82, 2.24) is 35.7 Å². The molecule has 1 saturated heterocycles. The Morgan fingerprint density at radius 3 is 2.48 bits per heavy atom. The molecule has 0 radical (unpaired) electrons. The number of alkyl halides is 1. The van der Waals surface area contributed by atoms with Gasteiger partial charge in [0.25, 0.3) is 0 Å². The number of ketones is 1. The lowest BCUT2D eigenvalue weighted by atomic mass is 9.98. The quantitative estimate of drug-likeness (QED) is 0.204. The maximum atomic E-state index is 14.0. The number of tetrazole rings is 1. The number of aromatic nitrogens is 4. The minimum Gasteiger partial charge on any atom is -0.460 e. The van der Waals surface area contributed by atoms with Gasteiger partial charge < -0.3 is 29.7 Å². The van der Waals surface area contributed by atoms with Gasteiger partial charge >= 0.3 is 12.1 Å². The van der Waals surface area contributed by atoms with E-state index in [1.165, 1.54) is 16.7 Å². The number of rotatable bonds is 15. The van der Waals surface area contributed by atoms with Crippen LogP contribution in [0, 0.1) is 0 Å². The molecule has 0 bridgehead atoms. The summed E-state index contributed by atoms with van der Waals surface area (Å²) in [5.74, 6) is -1.70. The minimum atomic E-state index is -1.15. The van der Waals surface area contributed by atoms with Crippen LogP contribution < -0.4 is 10.6 Å². The van der Waals surface area contributed by atoms with Gasteiger partial charge in [0.2, 0.25) is 11.8 Å². The summed E-state index contributed by atoms with van der Waals surface area (Å²) in [6.07, 6.45) is 0.754. The van der Waals surface area contributed by atoms with Crippen LogP contribution >= 0.6 is 15.9 Å². The summed E-state index contributed by atoms with van der Waals surface area (Å²) < 4.78 is 17.3. The van der Waals surface area contributed by atoms with Gasteiger partial charge in [0, 0.05) is 20.1 Å². The first-order valence-corrected chi connectivity index (χ1v) is 16.2. The number of amides is 3. The zero-order valence-corrected chi connectivity index (χ0v) is 28.2. The lowest BCUT2D eigenvalue weighted by molar-refractivity contribution is -0.156. The highest BCUT2D eigenvalue weighted by Crippen LogP contribution is 2.21. The molecule has 1 aromatic carbocycles. The van der Waals surface area contributed by atoms with Crippen LogP contribution in [0.25, 0.3) is 0 Å². The largest absolute Gasteiger partial charge is 0.460 e. The Morgan fingerprint density at radius 2 is 1.80 bits per heavy atom. The molecule has 3 rings (SSSR count). The van der Waals surface area contributed by atoms with E-state index in [4.69, 9.17) is 14.2 Å². The molecular formula is C30H42BrN7O8. The topological polar surface area (TPSA) is 184 Å². The van der Waals surface area contributed by atoms with E-state index in [0.717, 1.165) is 5.56 Å². The molecule has 3 atom stereocenters. The number of Topliss-reactive ketones (excluding diaryl/α,β-unsaturated/α-hetero) is 1. The molecule has 1 aromatic heterocycles. The van der Waals surface area contributed by atoms with E-state index in [1.54, 1.807) is 32.9 Å². The number of halogens is 1. The number of hydrogen-bond donors (Lipinski definition) is 2. The average Bonchev–Trinajstić information content (AvgIpc) is 3.47. The molecule has 3 amide bonds. The van der Waals surface area contributed by atoms with Crippen molar-refractivity contribution in [3.05, 3.63) is 41.7 Å². The Kier molecular flexibility index (Phi) is 14.1. The fraction of sp³-hybridized carbons (Fsp3) is 0.600. The maximum absolute atomic E-state index is 14.0. The van der Waals surface area contributed by atoms with Crippen molar-refractivity contribution in [2.24, 2.45) is 0 Å². The number of alkyl carbamates (subject to hydrolysis) is 1. The summed E-state index contributed by atoms with van der Waals surface area (Å²) in [6.45, 7) is 5.45. The Balaban J connectivity index is 1.77. The van der Waals surface area contributed by atoms with Crippen LogP contribution in [0.1, 0.15) is 64.3 Å². The highest BCUT2D eigenvalue weighted by atomic mass is 79.9. The van der Waals surface area contributed by atoms with Gasteiger partial charge in [-0.3, -0.25) is 19.2 Å². The van der Waals surface area contributed by atoms with Gasteiger partial charge in [0.05, 0.1) is 17.8 Å². The maximum Gasteiger partial charge on any atom is 0.408 e. The minimum absolute atomic E-state index is 0.00491. The summed E-state index contributed by atoms with van der Waals surface area (Å²) in [7, 11) is 1.49. The number of benzene rings is 1. The monoisotopic (exact) mass is 707 g/mol. The smallest absolute Gasteiger partial charge is 0.408 e. The molecule has 1 fully saturated rings. The number of piperidine rings is 1. The van der Waals surface area contributed by atoms with Gasteiger partial charge in [-0.15, -0.1) is 5.10 Å². The average molecular weight is 709 g/mol. The molecule has 2 heterocycles. The van der Waals surface area contributed by atoms with Crippen molar-refractivity contribution >= 4 is 45.6 Å². The number of nitrogens with one attached hydrogen (secondary N) is 2. The first-order chi connectivity index (χ1) is 21.9. The first-order valence-electron chi connectivity index (χ1n) is 15.0. The Bertz CT molecular complexity index is 1330. The van der Waals surface area contributed by atoms with Crippen LogP contribution in [0.5, 0.6) is 0 Å². The van der Waals surface area contributed by atoms with E-state index in [1.807, 2.05) is 18.2 Å². The predicted octanol–water partition coefficient (Wildman–Crippen LogP) is 2.07. The molecule has 0 unspecified atom stereocenters. The van der Waals surface area contributed by atoms with Crippen molar-refractivity contribution in [2.75, 3.05) is 19.0 Å². The van der Waals surface area contributed by atoms with E-state index in [9.17, 15) is 24.0 Å². The molecule has 1 aliphatic heterocycles. The van der Waals surface area contributed by atoms with E-state index in [-0.39, 0.29) is 44.5 Å². The fourth-order valence-corrected chi connectivity index (χ4v) is 5.28. The standard InChI is InChI=1S/C30H42BrN7O8/c1-30(2,3)46-26(40)16-22(24(39)17-31)32-27(41)23-12-8-9-15-37(23)28(42)21(13-14-25-34-35-36-38(25)19-44-4)33-29(43)45-18-20-10-6-5-7-11-20/h5-7,10-11,21-23H,8-9,12-19H2,1-4H3,(H,32,41)(H,33,43)/t21-,22-,23-/m0/s1. The lowest BCUT2D eigenvalue weighted by Gasteiger charge is -2.37. The second-order valence-corrected chi connectivity index (χ2v) is 12.4. The van der Waals surface area contributed by atoms with E-state index >= 15 is 0 Å². The van der Waals surface area contributed by atoms with E-state index < -0.39 is 53.4 Å². The van der Waals surface area contributed by atoms with Gasteiger partial charge in [-0.25, -0.2) is 9.48 Å². The number of nitrogens with zero attached hydrogens (tertiary/aromatic N) is 5. The van der Waals surface area contributed by atoms with Crippen molar-refractivity contribution in [3.8, 4) is 0 Å². The number of carbonyl (C=O) groups is 5. The summed E-state index contributed by atoms with van der Waals surface area (Å²) in [6, 6.07) is 5.91. The molecule has 0 aliphatic carbocycles. The number of esters is 1. The van der Waals surface area contributed by atoms with Crippen LogP contribution in [0.2, 0.25) is 0 Å². The summed E-state index contributed by atoms with van der Waals surface area (Å²) in [5.41, 5.74) is -0.00161. The molecule has 2 aromatic rings. The molecular weight excluding hydrogens is 666 g/mol. The molecule has 0 saturated carbocycles. The van der Waals surface area contributed by atoms with Gasteiger partial charge in [-0.1, -0.05) is 46.3 Å². The zero-order valence-electron chi connectivity index (χ0n) is 26.6. The second-order valence-electron chi connectivity index (χ2n) is 11.8. The molecule has 1 aliphatic rings. The van der Waals surface area contributed by atoms with Crippen LogP contribution in [0.3, 0.4) is 0 Å². The molecule has 2 N–H and O–H groups in total. The molecule has 252 valence electrons. The SMILES string of the molecule is COCn1nnnc1CC[C@H](NC(=O)OCc1ccccc1)C(=O)N1CCCC[C@H]1C(=O)N[C@@H](CC(=O)OC(C)(C)C)C(=O)CBr. The van der Waals surface area contributed by atoms with Crippen molar-refractivity contribution in [1.29, 1.82) is 0 Å². The molecule has 46 heavy (non-hydrogen) atoms. The van der Waals surface area contributed by atoms with E-state index in [2.05, 4.69) is 42.1 Å². The number of methoxy groups -OCH3 is 1. The van der Waals surface area contributed by atoms with Crippen LogP contribution in [-0.2, 0) is 53.1 Å². The van der Waals surface area contributed by atoms with Crippen molar-refractivity contribution < 1.29 is 38.2 Å². The predicted molar refractivity (Wildman–Crippen MR) is 167 cm³/mol. The zero-order chi connectivity index (χ0) is 33.7. The third kappa shape index (κ3) is 11.5. The third-order valence-corrected chi connectivity index (χ3v) is 7.59. The second kappa shape index (κ2) is 17.7. The summed E-state index contributed by atoms with van der Waals surface area (Å²) >= 11 is 3.11. The van der Waals surface area contributed by atoms with Gasteiger partial charge in [0.1, 0.15) is 31.0 Å². The Hall–Kier alpha value is -3.92. The molecule has 0 spiro atoms. The van der Waals surface area contributed by atoms with Gasteiger partial charge in [-0.2, -0.15) is 0 Å². The lowest BCUT2D eigenvalue weighted by Crippen LogP contribution is -2.59. The summed E-state index contributed by atoms with van der Waals surface area (Å²) in [4.78, 5) is 67.1. The van der Waals surface area contributed by atoms with Crippen LogP contribution in [0.15, 0.2) is 30.3 Å². The van der Waals surface area contributed by atoms with Crippen LogP contribution in [-0.4, -0.2) is 97.5 Å². The van der Waals surface area contributed by atoms with Crippen molar-refractivity contribution in [2.45, 2.75) is 96.4 Å². The number of carbonyl (C=O) groups excluding carboxylic acids is 5. The number of hydrogen-bond acceptors (Lipinski definition) is 11. The highest BCUT2D eigenvalue weighted by molar-refractivity contribution is 9.09. The van der Waals surface area contributed by atoms with Gasteiger partial charge in [0.15, 0.2) is 11.6 Å². The van der Waals surface area contributed by atoms with Crippen molar-refractivity contribution in [3.63, 3.8) is 0 Å². The number of likely N-dealkylation sites (tertiary alicyclic amines) is 1. The third-order valence-electron chi connectivity index (χ3n) is 7.03. The molecule has 16 heteroatoms. The number of aryl methyl sites for hydroxylation is 1. The highest BCUT2D eigenvalue weighted by Gasteiger charge is 2.38. The summed E-state index contributed by atoms with van der Waals surface area (Å²) in [5, 5.41) is 16.8. The normalized spacial score (nSPS) is 16.2. The van der Waals surface area contributed by atoms with E-state index in [0.29, 0.717) is 25.1 Å². The molecule has 15 nitrogen and oxygen atoms in total. The fourth-order valence-electron chi connectivity index (χ4n) is 4.89.